The third-order valence-electron chi connectivity index (χ3n) is 5.58. The monoisotopic (exact) mass is 474 g/mol. The predicted octanol–water partition coefficient (Wildman–Crippen LogP) is 5.19. The normalized spacial score (nSPS) is 11.6. The summed E-state index contributed by atoms with van der Waals surface area (Å²) < 4.78 is 6.24. The van der Waals surface area contributed by atoms with Gasteiger partial charge in [0.15, 0.2) is 0 Å². The first-order valence-corrected chi connectivity index (χ1v) is 11.7. The Hall–Kier alpha value is -3.91. The molecule has 1 unspecified atom stereocenters. The predicted molar refractivity (Wildman–Crippen MR) is 137 cm³/mol. The van der Waals surface area contributed by atoms with Gasteiger partial charge in [0.1, 0.15) is 10.8 Å². The SMILES string of the molecule is COc1ccc(NC(=O)c2ccc(NCC(=O)N(C)C(C)c3nc4ccccc4s3)cc2)cc1. The van der Waals surface area contributed by atoms with Crippen LogP contribution in [0.15, 0.2) is 72.8 Å². The summed E-state index contributed by atoms with van der Waals surface area (Å²) in [6, 6.07) is 22.0. The molecule has 0 radical (unpaired) electrons. The maximum Gasteiger partial charge on any atom is 0.255 e. The Balaban J connectivity index is 1.31. The second kappa shape index (κ2) is 10.4. The fourth-order valence-corrected chi connectivity index (χ4v) is 4.43. The minimum absolute atomic E-state index is 0.0481. The van der Waals surface area contributed by atoms with Gasteiger partial charge in [-0.05, 0) is 67.6 Å². The van der Waals surface area contributed by atoms with Gasteiger partial charge in [0.25, 0.3) is 5.91 Å². The number of methoxy groups -OCH3 is 1. The molecule has 3 aromatic carbocycles. The topological polar surface area (TPSA) is 83.6 Å². The molecule has 0 aliphatic rings. The molecular formula is C26H26N4O3S. The van der Waals surface area contributed by atoms with Crippen molar-refractivity contribution in [2.75, 3.05) is 31.3 Å². The molecule has 4 aromatic rings. The number of carbonyl (C=O) groups excluding carboxylic acids is 2. The zero-order valence-electron chi connectivity index (χ0n) is 19.2. The number of nitrogens with zero attached hydrogens (tertiary/aromatic N) is 2. The van der Waals surface area contributed by atoms with E-state index < -0.39 is 0 Å². The highest BCUT2D eigenvalue weighted by Gasteiger charge is 2.20. The standard InChI is InChI=1S/C26H26N4O3S/c1-17(26-29-22-6-4-5-7-23(22)34-26)30(2)24(31)16-27-19-10-8-18(9-11-19)25(32)28-20-12-14-21(33-3)15-13-20/h4-15,17,27H,16H2,1-3H3,(H,28,32). The molecule has 0 saturated heterocycles. The molecule has 0 fully saturated rings. The van der Waals surface area contributed by atoms with Crippen molar-refractivity contribution in [3.8, 4) is 5.75 Å². The number of nitrogens with one attached hydrogen (secondary N) is 2. The number of benzene rings is 3. The van der Waals surface area contributed by atoms with E-state index in [1.54, 1.807) is 78.9 Å². The van der Waals surface area contributed by atoms with Crippen LogP contribution in [-0.2, 0) is 4.79 Å². The average molecular weight is 475 g/mol. The van der Waals surface area contributed by atoms with E-state index in [0.29, 0.717) is 11.3 Å². The van der Waals surface area contributed by atoms with Crippen LogP contribution in [0.4, 0.5) is 11.4 Å². The smallest absolute Gasteiger partial charge is 0.255 e. The first-order valence-electron chi connectivity index (χ1n) is 10.8. The van der Waals surface area contributed by atoms with Crippen LogP contribution in [-0.4, -0.2) is 42.4 Å². The zero-order valence-corrected chi connectivity index (χ0v) is 20.1. The molecule has 2 N–H and O–H groups in total. The summed E-state index contributed by atoms with van der Waals surface area (Å²) in [5.41, 5.74) is 2.91. The molecule has 0 bridgehead atoms. The summed E-state index contributed by atoms with van der Waals surface area (Å²) in [6.07, 6.45) is 0. The fourth-order valence-electron chi connectivity index (χ4n) is 3.37. The number of carbonyl (C=O) groups is 2. The van der Waals surface area contributed by atoms with Gasteiger partial charge in [-0.1, -0.05) is 12.1 Å². The van der Waals surface area contributed by atoms with Crippen LogP contribution in [0.3, 0.4) is 0 Å². The lowest BCUT2D eigenvalue weighted by Gasteiger charge is -2.23. The van der Waals surface area contributed by atoms with Gasteiger partial charge in [-0.3, -0.25) is 9.59 Å². The molecule has 0 aliphatic heterocycles. The van der Waals surface area contributed by atoms with E-state index in [-0.39, 0.29) is 24.4 Å². The van der Waals surface area contributed by atoms with Crippen LogP contribution >= 0.6 is 11.3 Å². The summed E-state index contributed by atoms with van der Waals surface area (Å²) in [5.74, 6) is 0.466. The van der Waals surface area contributed by atoms with Crippen molar-refractivity contribution in [3.63, 3.8) is 0 Å². The van der Waals surface area contributed by atoms with Gasteiger partial charge in [-0.25, -0.2) is 4.98 Å². The third-order valence-corrected chi connectivity index (χ3v) is 6.79. The van der Waals surface area contributed by atoms with Crippen molar-refractivity contribution in [2.45, 2.75) is 13.0 Å². The Kier molecular flexibility index (Phi) is 7.08. The third kappa shape index (κ3) is 5.35. The number of ether oxygens (including phenoxy) is 1. The number of hydrogen-bond donors (Lipinski definition) is 2. The Bertz CT molecular complexity index is 1250. The highest BCUT2D eigenvalue weighted by molar-refractivity contribution is 7.18. The van der Waals surface area contributed by atoms with Crippen LogP contribution in [0.2, 0.25) is 0 Å². The van der Waals surface area contributed by atoms with E-state index in [0.717, 1.165) is 26.7 Å². The lowest BCUT2D eigenvalue weighted by Crippen LogP contribution is -2.34. The Morgan fingerprint density at radius 3 is 2.35 bits per heavy atom. The Morgan fingerprint density at radius 2 is 1.68 bits per heavy atom. The second-order valence-corrected chi connectivity index (χ2v) is 8.88. The molecule has 174 valence electrons. The van der Waals surface area contributed by atoms with Gasteiger partial charge in [0.05, 0.1) is 29.9 Å². The molecule has 2 amide bonds. The van der Waals surface area contributed by atoms with Crippen molar-refractivity contribution in [1.82, 2.24) is 9.88 Å². The summed E-state index contributed by atoms with van der Waals surface area (Å²) in [6.45, 7) is 2.12. The van der Waals surface area contributed by atoms with E-state index in [1.165, 1.54) is 0 Å². The van der Waals surface area contributed by atoms with Crippen LogP contribution in [0, 0.1) is 0 Å². The molecule has 4 rings (SSSR count). The number of aromatic nitrogens is 1. The molecule has 8 heteroatoms. The van der Waals surface area contributed by atoms with Gasteiger partial charge in [0.2, 0.25) is 5.91 Å². The van der Waals surface area contributed by atoms with E-state index in [9.17, 15) is 9.59 Å². The molecule has 1 heterocycles. The molecule has 0 saturated carbocycles. The Morgan fingerprint density at radius 1 is 1.00 bits per heavy atom. The van der Waals surface area contributed by atoms with E-state index in [2.05, 4.69) is 15.6 Å². The number of para-hydroxylation sites is 1. The Labute approximate surface area is 202 Å². The first kappa shape index (κ1) is 23.3. The minimum atomic E-state index is -0.211. The van der Waals surface area contributed by atoms with Crippen LogP contribution in [0.25, 0.3) is 10.2 Å². The van der Waals surface area contributed by atoms with Crippen LogP contribution in [0.1, 0.15) is 28.3 Å². The van der Waals surface area contributed by atoms with Gasteiger partial charge in [-0.2, -0.15) is 0 Å². The van der Waals surface area contributed by atoms with Crippen molar-refractivity contribution in [2.24, 2.45) is 0 Å². The number of rotatable bonds is 8. The molecule has 0 aliphatic carbocycles. The van der Waals surface area contributed by atoms with Gasteiger partial charge in [0, 0.05) is 24.0 Å². The minimum Gasteiger partial charge on any atom is -0.497 e. The van der Waals surface area contributed by atoms with E-state index in [1.807, 2.05) is 31.2 Å². The number of fused-ring (bicyclic) bond motifs is 1. The van der Waals surface area contributed by atoms with Crippen molar-refractivity contribution in [3.05, 3.63) is 83.4 Å². The molecule has 1 atom stereocenters. The number of likely N-dealkylation sites (N-methyl/N-ethyl adjacent to an activating group) is 1. The van der Waals surface area contributed by atoms with E-state index in [4.69, 9.17) is 4.74 Å². The summed E-state index contributed by atoms with van der Waals surface area (Å²) in [4.78, 5) is 31.6. The van der Waals surface area contributed by atoms with Crippen molar-refractivity contribution < 1.29 is 14.3 Å². The zero-order chi connectivity index (χ0) is 24.1. The quantitative estimate of drug-likeness (QED) is 0.367. The second-order valence-electron chi connectivity index (χ2n) is 7.81. The van der Waals surface area contributed by atoms with Gasteiger partial charge >= 0.3 is 0 Å². The maximum atomic E-state index is 12.7. The van der Waals surface area contributed by atoms with E-state index >= 15 is 0 Å². The highest BCUT2D eigenvalue weighted by atomic mass is 32.1. The van der Waals surface area contributed by atoms with Crippen molar-refractivity contribution >= 4 is 44.7 Å². The number of hydrogen-bond acceptors (Lipinski definition) is 6. The molecular weight excluding hydrogens is 448 g/mol. The summed E-state index contributed by atoms with van der Waals surface area (Å²) in [7, 11) is 3.38. The molecule has 7 nitrogen and oxygen atoms in total. The number of thiazole rings is 1. The largest absolute Gasteiger partial charge is 0.497 e. The lowest BCUT2D eigenvalue weighted by molar-refractivity contribution is -0.129. The number of amides is 2. The highest BCUT2D eigenvalue weighted by Crippen LogP contribution is 2.28. The lowest BCUT2D eigenvalue weighted by atomic mass is 10.2. The number of anilines is 2. The molecule has 1 aromatic heterocycles. The van der Waals surface area contributed by atoms with Crippen molar-refractivity contribution in [1.29, 1.82) is 0 Å². The summed E-state index contributed by atoms with van der Waals surface area (Å²) in [5, 5.41) is 6.89. The van der Waals surface area contributed by atoms with Gasteiger partial charge < -0.3 is 20.3 Å². The average Bonchev–Trinajstić information content (AvgIpc) is 3.31. The first-order chi connectivity index (χ1) is 16.4. The van der Waals surface area contributed by atoms with Crippen LogP contribution < -0.4 is 15.4 Å². The fraction of sp³-hybridized carbons (Fsp3) is 0.192. The van der Waals surface area contributed by atoms with Gasteiger partial charge in [-0.15, -0.1) is 11.3 Å². The molecule has 34 heavy (non-hydrogen) atoms. The summed E-state index contributed by atoms with van der Waals surface area (Å²) >= 11 is 1.60. The molecule has 0 spiro atoms. The maximum absolute atomic E-state index is 12.7. The van der Waals surface area contributed by atoms with Crippen LogP contribution in [0.5, 0.6) is 5.75 Å².